The minimum atomic E-state index is -0.971. The summed E-state index contributed by atoms with van der Waals surface area (Å²) in [6, 6.07) is 9.26. The van der Waals surface area contributed by atoms with Crippen molar-refractivity contribution in [3.63, 3.8) is 0 Å². The number of nitrogens with zero attached hydrogens (tertiary/aromatic N) is 1. The number of para-hydroxylation sites is 2. The highest BCUT2D eigenvalue weighted by Gasteiger charge is 2.20. The van der Waals surface area contributed by atoms with E-state index in [9.17, 15) is 18.9 Å². The molecule has 92 valence electrons. The van der Waals surface area contributed by atoms with Crippen LogP contribution < -0.4 is 5.32 Å². The second kappa shape index (κ2) is 4.79. The van der Waals surface area contributed by atoms with Gasteiger partial charge in [0.15, 0.2) is 0 Å². The van der Waals surface area contributed by atoms with E-state index < -0.39 is 22.2 Å². The maximum Gasteiger partial charge on any atom is 0.327 e. The third-order valence-corrected chi connectivity index (χ3v) is 2.31. The summed E-state index contributed by atoms with van der Waals surface area (Å²) in [5, 5.41) is 13.3. The Labute approximate surface area is 101 Å². The van der Waals surface area contributed by atoms with E-state index in [-0.39, 0.29) is 11.4 Å². The van der Waals surface area contributed by atoms with Crippen LogP contribution in [0, 0.1) is 21.7 Å². The quantitative estimate of drug-likeness (QED) is 0.668. The van der Waals surface area contributed by atoms with Crippen LogP contribution in [-0.2, 0) is 0 Å². The number of hydrogen-bond donors (Lipinski definition) is 1. The van der Waals surface area contributed by atoms with Crippen LogP contribution in [0.3, 0.4) is 0 Å². The van der Waals surface area contributed by atoms with E-state index in [0.717, 1.165) is 6.07 Å². The Hall–Kier alpha value is -2.50. The number of nitro groups is 1. The molecule has 2 aromatic rings. The zero-order valence-electron chi connectivity index (χ0n) is 9.06. The minimum Gasteiger partial charge on any atom is -0.347 e. The van der Waals surface area contributed by atoms with Crippen molar-refractivity contribution < 1.29 is 13.7 Å². The molecule has 0 bridgehead atoms. The molecule has 0 unspecified atom stereocenters. The molecule has 2 rings (SSSR count). The molecule has 0 saturated heterocycles. The van der Waals surface area contributed by atoms with Crippen LogP contribution in [0.5, 0.6) is 0 Å². The normalized spacial score (nSPS) is 10.1. The summed E-state index contributed by atoms with van der Waals surface area (Å²) in [6.45, 7) is 0. The number of anilines is 2. The van der Waals surface area contributed by atoms with E-state index in [1.807, 2.05) is 0 Å². The molecule has 6 heteroatoms. The fraction of sp³-hybridized carbons (Fsp3) is 0. The highest BCUT2D eigenvalue weighted by Crippen LogP contribution is 2.30. The molecule has 0 aromatic heterocycles. The van der Waals surface area contributed by atoms with Gasteiger partial charge in [-0.05, 0) is 24.3 Å². The van der Waals surface area contributed by atoms with E-state index in [0.29, 0.717) is 0 Å². The Morgan fingerprint density at radius 1 is 0.944 bits per heavy atom. The van der Waals surface area contributed by atoms with Gasteiger partial charge in [-0.25, -0.2) is 4.39 Å². The first-order chi connectivity index (χ1) is 8.59. The molecular weight excluding hydrogens is 242 g/mol. The summed E-state index contributed by atoms with van der Waals surface area (Å²) in [6.07, 6.45) is 0. The summed E-state index contributed by atoms with van der Waals surface area (Å²) in [7, 11) is 0. The maximum absolute atomic E-state index is 13.4. The van der Waals surface area contributed by atoms with Crippen LogP contribution in [0.4, 0.5) is 25.8 Å². The Bertz CT molecular complexity index is 602. The molecule has 0 amide bonds. The predicted octanol–water partition coefficient (Wildman–Crippen LogP) is 3.62. The molecule has 0 atom stereocenters. The fourth-order valence-electron chi connectivity index (χ4n) is 1.51. The molecule has 1 N–H and O–H groups in total. The van der Waals surface area contributed by atoms with E-state index >= 15 is 0 Å². The number of rotatable bonds is 3. The molecule has 0 saturated carbocycles. The van der Waals surface area contributed by atoms with Gasteiger partial charge in [-0.1, -0.05) is 18.2 Å². The molecule has 0 aliphatic carbocycles. The molecule has 0 spiro atoms. The van der Waals surface area contributed by atoms with Gasteiger partial charge in [-0.15, -0.1) is 0 Å². The van der Waals surface area contributed by atoms with Crippen molar-refractivity contribution >= 4 is 17.1 Å². The Kier molecular flexibility index (Phi) is 3.18. The van der Waals surface area contributed by atoms with Gasteiger partial charge in [-0.2, -0.15) is 4.39 Å². The molecule has 0 heterocycles. The van der Waals surface area contributed by atoms with Crippen molar-refractivity contribution in [3.05, 3.63) is 64.2 Å². The van der Waals surface area contributed by atoms with Crippen LogP contribution >= 0.6 is 0 Å². The number of nitrogens with one attached hydrogen (secondary N) is 1. The first kappa shape index (κ1) is 12.0. The summed E-state index contributed by atoms with van der Waals surface area (Å²) in [5.41, 5.74) is -0.753. The topological polar surface area (TPSA) is 55.2 Å². The zero-order valence-corrected chi connectivity index (χ0v) is 9.06. The zero-order chi connectivity index (χ0) is 13.1. The molecule has 4 nitrogen and oxygen atoms in total. The lowest BCUT2D eigenvalue weighted by atomic mass is 10.2. The van der Waals surface area contributed by atoms with Crippen LogP contribution in [0.2, 0.25) is 0 Å². The van der Waals surface area contributed by atoms with Gasteiger partial charge in [0.1, 0.15) is 11.5 Å². The van der Waals surface area contributed by atoms with Crippen LogP contribution in [0.15, 0.2) is 42.5 Å². The molecule has 18 heavy (non-hydrogen) atoms. The summed E-state index contributed by atoms with van der Waals surface area (Å²) in [4.78, 5) is 9.90. The van der Waals surface area contributed by atoms with Crippen molar-refractivity contribution in [2.24, 2.45) is 0 Å². The van der Waals surface area contributed by atoms with E-state index in [1.54, 1.807) is 6.07 Å². The molecule has 2 aromatic carbocycles. The van der Waals surface area contributed by atoms with Gasteiger partial charge in [0.05, 0.1) is 10.6 Å². The molecule has 0 radical (unpaired) electrons. The Morgan fingerprint density at radius 3 is 2.22 bits per heavy atom. The molecule has 0 aliphatic rings. The van der Waals surface area contributed by atoms with E-state index in [1.165, 1.54) is 30.3 Å². The summed E-state index contributed by atoms with van der Waals surface area (Å²) in [5.74, 6) is -1.54. The van der Waals surface area contributed by atoms with Crippen molar-refractivity contribution in [2.45, 2.75) is 0 Å². The number of benzene rings is 2. The van der Waals surface area contributed by atoms with Crippen molar-refractivity contribution in [2.75, 3.05) is 5.32 Å². The lowest BCUT2D eigenvalue weighted by Gasteiger charge is -2.08. The standard InChI is InChI=1S/C12H8F2N2O2/c13-8-4-1-2-6-10(8)15-11-7-3-5-9(14)12(11)16(17)18/h1-7,15H. The van der Waals surface area contributed by atoms with Crippen molar-refractivity contribution in [1.29, 1.82) is 0 Å². The van der Waals surface area contributed by atoms with Gasteiger partial charge in [-0.3, -0.25) is 10.1 Å². The first-order valence-electron chi connectivity index (χ1n) is 5.04. The molecular formula is C12H8F2N2O2. The number of hydrogen-bond acceptors (Lipinski definition) is 3. The maximum atomic E-state index is 13.4. The number of halogens is 2. The Morgan fingerprint density at radius 2 is 1.56 bits per heavy atom. The van der Waals surface area contributed by atoms with Crippen molar-refractivity contribution in [3.8, 4) is 0 Å². The fourth-order valence-corrected chi connectivity index (χ4v) is 1.51. The van der Waals surface area contributed by atoms with Crippen LogP contribution in [0.25, 0.3) is 0 Å². The third-order valence-electron chi connectivity index (χ3n) is 2.31. The number of nitro benzene ring substituents is 1. The average molecular weight is 250 g/mol. The predicted molar refractivity (Wildman–Crippen MR) is 62.7 cm³/mol. The van der Waals surface area contributed by atoms with Gasteiger partial charge in [0.25, 0.3) is 0 Å². The van der Waals surface area contributed by atoms with Crippen LogP contribution in [0.1, 0.15) is 0 Å². The lowest BCUT2D eigenvalue weighted by molar-refractivity contribution is -0.386. The van der Waals surface area contributed by atoms with Gasteiger partial charge in [0, 0.05) is 0 Å². The average Bonchev–Trinajstić information content (AvgIpc) is 2.31. The molecule has 0 aliphatic heterocycles. The SMILES string of the molecule is O=[N+]([O-])c1c(F)cccc1Nc1ccccc1F. The van der Waals surface area contributed by atoms with Crippen molar-refractivity contribution in [1.82, 2.24) is 0 Å². The second-order valence-electron chi connectivity index (χ2n) is 3.50. The Balaban J connectivity index is 2.44. The molecule has 0 fully saturated rings. The third kappa shape index (κ3) is 2.27. The minimum absolute atomic E-state index is 0.0474. The van der Waals surface area contributed by atoms with Gasteiger partial charge in [0.2, 0.25) is 5.82 Å². The van der Waals surface area contributed by atoms with Gasteiger partial charge < -0.3 is 5.32 Å². The van der Waals surface area contributed by atoms with Gasteiger partial charge >= 0.3 is 5.69 Å². The highest BCUT2D eigenvalue weighted by molar-refractivity contribution is 5.69. The monoisotopic (exact) mass is 250 g/mol. The second-order valence-corrected chi connectivity index (χ2v) is 3.50. The van der Waals surface area contributed by atoms with E-state index in [2.05, 4.69) is 5.32 Å². The van der Waals surface area contributed by atoms with Crippen LogP contribution in [-0.4, -0.2) is 4.92 Å². The summed E-state index contributed by atoms with van der Waals surface area (Å²) >= 11 is 0. The first-order valence-corrected chi connectivity index (χ1v) is 5.04. The summed E-state index contributed by atoms with van der Waals surface area (Å²) < 4.78 is 26.7. The lowest BCUT2D eigenvalue weighted by Crippen LogP contribution is -2.00. The highest BCUT2D eigenvalue weighted by atomic mass is 19.1. The smallest absolute Gasteiger partial charge is 0.327 e. The van der Waals surface area contributed by atoms with E-state index in [4.69, 9.17) is 0 Å². The largest absolute Gasteiger partial charge is 0.347 e.